The van der Waals surface area contributed by atoms with Crippen molar-refractivity contribution < 1.29 is 9.47 Å². The maximum Gasteiger partial charge on any atom is 0.179 e. The zero-order valence-electron chi connectivity index (χ0n) is 12.5. The second-order valence-electron chi connectivity index (χ2n) is 5.85. The van der Waals surface area contributed by atoms with Gasteiger partial charge in [0.25, 0.3) is 0 Å². The van der Waals surface area contributed by atoms with Crippen LogP contribution in [0.15, 0.2) is 12.1 Å². The Morgan fingerprint density at radius 3 is 2.65 bits per heavy atom. The van der Waals surface area contributed by atoms with Crippen LogP contribution in [0.3, 0.4) is 0 Å². The van der Waals surface area contributed by atoms with Crippen LogP contribution in [-0.4, -0.2) is 19.3 Å². The molecule has 3 nitrogen and oxygen atoms in total. The summed E-state index contributed by atoms with van der Waals surface area (Å²) < 4.78 is 11.1. The van der Waals surface area contributed by atoms with Crippen LogP contribution in [0, 0.1) is 5.92 Å². The summed E-state index contributed by atoms with van der Waals surface area (Å²) in [4.78, 5) is 0. The molecule has 0 saturated carbocycles. The van der Waals surface area contributed by atoms with E-state index in [0.717, 1.165) is 23.8 Å². The van der Waals surface area contributed by atoms with Crippen molar-refractivity contribution >= 4 is 11.6 Å². The average Bonchev–Trinajstić information content (AvgIpc) is 2.43. The van der Waals surface area contributed by atoms with Crippen LogP contribution in [0.25, 0.3) is 0 Å². The summed E-state index contributed by atoms with van der Waals surface area (Å²) in [5.41, 5.74) is 1.13. The van der Waals surface area contributed by atoms with Gasteiger partial charge in [0, 0.05) is 12.6 Å². The highest BCUT2D eigenvalue weighted by molar-refractivity contribution is 6.32. The van der Waals surface area contributed by atoms with Gasteiger partial charge in [-0.05, 0) is 43.4 Å². The molecule has 2 rings (SSSR count). The van der Waals surface area contributed by atoms with E-state index in [2.05, 4.69) is 26.1 Å². The van der Waals surface area contributed by atoms with Crippen molar-refractivity contribution in [1.29, 1.82) is 0 Å². The number of rotatable bonds is 6. The van der Waals surface area contributed by atoms with E-state index in [-0.39, 0.29) is 0 Å². The number of ether oxygens (including phenoxy) is 2. The van der Waals surface area contributed by atoms with Gasteiger partial charge in [-0.3, -0.25) is 0 Å². The van der Waals surface area contributed by atoms with Crippen molar-refractivity contribution in [3.8, 4) is 11.5 Å². The quantitative estimate of drug-likeness (QED) is 0.860. The van der Waals surface area contributed by atoms with E-state index in [9.17, 15) is 0 Å². The molecule has 0 saturated heterocycles. The lowest BCUT2D eigenvalue weighted by molar-refractivity contribution is 0.171. The summed E-state index contributed by atoms with van der Waals surface area (Å²) in [5, 5.41) is 4.17. The number of benzene rings is 1. The number of fused-ring (bicyclic) bond motifs is 1. The van der Waals surface area contributed by atoms with E-state index in [1.54, 1.807) is 0 Å². The van der Waals surface area contributed by atoms with Gasteiger partial charge in [-0.25, -0.2) is 0 Å². The van der Waals surface area contributed by atoms with Gasteiger partial charge in [-0.15, -0.1) is 0 Å². The SMILES string of the molecule is CC(C)CCC(C)NCc1cc(Cl)c2c(c1)OCCO2. The van der Waals surface area contributed by atoms with Crippen molar-refractivity contribution in [3.63, 3.8) is 0 Å². The standard InChI is InChI=1S/C16H24ClNO2/c1-11(2)4-5-12(3)18-10-13-8-14(17)16-15(9-13)19-6-7-20-16/h8-9,11-12,18H,4-7,10H2,1-3H3. The molecule has 0 fully saturated rings. The minimum absolute atomic E-state index is 0.504. The van der Waals surface area contributed by atoms with Crippen molar-refractivity contribution in [3.05, 3.63) is 22.7 Å². The molecule has 1 aromatic carbocycles. The zero-order chi connectivity index (χ0) is 14.5. The Bertz CT molecular complexity index is 448. The normalized spacial score (nSPS) is 15.4. The Morgan fingerprint density at radius 2 is 1.90 bits per heavy atom. The topological polar surface area (TPSA) is 30.5 Å². The summed E-state index contributed by atoms with van der Waals surface area (Å²) >= 11 is 6.23. The average molecular weight is 298 g/mol. The maximum absolute atomic E-state index is 6.23. The third-order valence-corrected chi connectivity index (χ3v) is 3.77. The second kappa shape index (κ2) is 7.19. The van der Waals surface area contributed by atoms with Crippen LogP contribution in [0.1, 0.15) is 39.2 Å². The number of hydrogen-bond acceptors (Lipinski definition) is 3. The van der Waals surface area contributed by atoms with Gasteiger partial charge in [-0.2, -0.15) is 0 Å². The summed E-state index contributed by atoms with van der Waals surface area (Å²) in [5.74, 6) is 2.19. The molecule has 0 aliphatic carbocycles. The minimum Gasteiger partial charge on any atom is -0.486 e. The van der Waals surface area contributed by atoms with Gasteiger partial charge < -0.3 is 14.8 Å². The monoisotopic (exact) mass is 297 g/mol. The van der Waals surface area contributed by atoms with Crippen molar-refractivity contribution in [2.75, 3.05) is 13.2 Å². The Hall–Kier alpha value is -0.930. The smallest absolute Gasteiger partial charge is 0.179 e. The summed E-state index contributed by atoms with van der Waals surface area (Å²) in [7, 11) is 0. The summed E-state index contributed by atoms with van der Waals surface area (Å²) in [6.07, 6.45) is 2.44. The van der Waals surface area contributed by atoms with E-state index < -0.39 is 0 Å². The molecule has 112 valence electrons. The number of hydrogen-bond donors (Lipinski definition) is 1. The van der Waals surface area contributed by atoms with Gasteiger partial charge in [-0.1, -0.05) is 25.4 Å². The minimum atomic E-state index is 0.504. The first-order valence-electron chi connectivity index (χ1n) is 7.37. The lowest BCUT2D eigenvalue weighted by atomic mass is 10.0. The molecule has 1 unspecified atom stereocenters. The van der Waals surface area contributed by atoms with Crippen molar-refractivity contribution in [2.24, 2.45) is 5.92 Å². The number of halogens is 1. The molecule has 4 heteroatoms. The van der Waals surface area contributed by atoms with Crippen molar-refractivity contribution in [1.82, 2.24) is 5.32 Å². The van der Waals surface area contributed by atoms with E-state index >= 15 is 0 Å². The Balaban J connectivity index is 1.91. The van der Waals surface area contributed by atoms with Gasteiger partial charge in [0.2, 0.25) is 0 Å². The van der Waals surface area contributed by atoms with Gasteiger partial charge in [0.15, 0.2) is 11.5 Å². The third-order valence-electron chi connectivity index (χ3n) is 3.49. The molecular formula is C16H24ClNO2. The molecule has 0 amide bonds. The molecule has 0 spiro atoms. The Morgan fingerprint density at radius 1 is 1.15 bits per heavy atom. The highest BCUT2D eigenvalue weighted by atomic mass is 35.5. The molecule has 1 aromatic rings. The fourth-order valence-electron chi connectivity index (χ4n) is 2.24. The lowest BCUT2D eigenvalue weighted by Crippen LogP contribution is -2.26. The van der Waals surface area contributed by atoms with Crippen LogP contribution in [-0.2, 0) is 6.54 Å². The summed E-state index contributed by atoms with van der Waals surface area (Å²) in [6.45, 7) is 8.69. The highest BCUT2D eigenvalue weighted by Gasteiger charge is 2.16. The molecule has 0 radical (unpaired) electrons. The maximum atomic E-state index is 6.23. The fourth-order valence-corrected chi connectivity index (χ4v) is 2.53. The molecule has 0 bridgehead atoms. The summed E-state index contributed by atoms with van der Waals surface area (Å²) in [6, 6.07) is 4.48. The third kappa shape index (κ3) is 4.29. The lowest BCUT2D eigenvalue weighted by Gasteiger charge is -2.21. The number of nitrogens with one attached hydrogen (secondary N) is 1. The molecule has 1 aliphatic heterocycles. The Labute approximate surface area is 126 Å². The first-order chi connectivity index (χ1) is 9.56. The van der Waals surface area contributed by atoms with E-state index in [1.807, 2.05) is 12.1 Å². The van der Waals surface area contributed by atoms with Gasteiger partial charge >= 0.3 is 0 Å². The first-order valence-corrected chi connectivity index (χ1v) is 7.75. The van der Waals surface area contributed by atoms with E-state index in [1.165, 1.54) is 12.8 Å². The van der Waals surface area contributed by atoms with Crippen LogP contribution in [0.2, 0.25) is 5.02 Å². The van der Waals surface area contributed by atoms with Crippen LogP contribution in [0.4, 0.5) is 0 Å². The molecule has 0 aromatic heterocycles. The highest BCUT2D eigenvalue weighted by Crippen LogP contribution is 2.38. The molecule has 1 N–H and O–H groups in total. The molecular weight excluding hydrogens is 274 g/mol. The van der Waals surface area contributed by atoms with E-state index in [4.69, 9.17) is 21.1 Å². The molecule has 20 heavy (non-hydrogen) atoms. The zero-order valence-corrected chi connectivity index (χ0v) is 13.3. The van der Waals surface area contributed by atoms with E-state index in [0.29, 0.717) is 30.0 Å². The van der Waals surface area contributed by atoms with Crippen LogP contribution < -0.4 is 14.8 Å². The molecule has 1 aliphatic rings. The largest absolute Gasteiger partial charge is 0.486 e. The van der Waals surface area contributed by atoms with Crippen LogP contribution >= 0.6 is 11.6 Å². The second-order valence-corrected chi connectivity index (χ2v) is 6.26. The first kappa shape index (κ1) is 15.5. The predicted octanol–water partition coefficient (Wildman–Crippen LogP) is 4.03. The van der Waals surface area contributed by atoms with Gasteiger partial charge in [0.1, 0.15) is 13.2 Å². The van der Waals surface area contributed by atoms with Crippen LogP contribution in [0.5, 0.6) is 11.5 Å². The fraction of sp³-hybridized carbons (Fsp3) is 0.625. The van der Waals surface area contributed by atoms with Crippen molar-refractivity contribution in [2.45, 2.75) is 46.2 Å². The predicted molar refractivity (Wildman–Crippen MR) is 82.8 cm³/mol. The molecule has 1 atom stereocenters. The van der Waals surface area contributed by atoms with Gasteiger partial charge in [0.05, 0.1) is 5.02 Å². The molecule has 1 heterocycles. The Kier molecular flexibility index (Phi) is 5.55.